The molecule has 0 aliphatic rings. The lowest BCUT2D eigenvalue weighted by Crippen LogP contribution is -1.85. The van der Waals surface area contributed by atoms with Crippen molar-refractivity contribution in [3.05, 3.63) is 30.6 Å². The number of nitrogens with one attached hydrogen (secondary N) is 2. The van der Waals surface area contributed by atoms with Crippen molar-refractivity contribution in [2.24, 2.45) is 0 Å². The zero-order valence-electron chi connectivity index (χ0n) is 8.36. The largest absolute Gasteiger partial charge is 0.508 e. The second-order valence-electron chi connectivity index (χ2n) is 3.63. The highest BCUT2D eigenvalue weighted by Gasteiger charge is 2.10. The van der Waals surface area contributed by atoms with Gasteiger partial charge in [-0.3, -0.25) is 5.10 Å². The summed E-state index contributed by atoms with van der Waals surface area (Å²) in [6.07, 6.45) is 3.42. The van der Waals surface area contributed by atoms with E-state index in [0.29, 0.717) is 5.69 Å². The second-order valence-corrected chi connectivity index (χ2v) is 3.63. The van der Waals surface area contributed by atoms with Gasteiger partial charge in [-0.15, -0.1) is 0 Å². The lowest BCUT2D eigenvalue weighted by atomic mass is 10.1. The van der Waals surface area contributed by atoms with Gasteiger partial charge in [0.05, 0.1) is 17.6 Å². The van der Waals surface area contributed by atoms with Crippen molar-refractivity contribution in [1.82, 2.24) is 15.2 Å². The lowest BCUT2D eigenvalue weighted by molar-refractivity contribution is 0.476. The number of phenolic OH excluding ortho intramolecular Hbond substituents is 1. The van der Waals surface area contributed by atoms with E-state index in [1.807, 2.05) is 12.3 Å². The maximum atomic E-state index is 9.36. The van der Waals surface area contributed by atoms with Crippen LogP contribution in [0.1, 0.15) is 0 Å². The average molecular weight is 214 g/mol. The number of rotatable bonds is 1. The first kappa shape index (κ1) is 8.84. The van der Waals surface area contributed by atoms with Gasteiger partial charge in [0.1, 0.15) is 5.75 Å². The summed E-state index contributed by atoms with van der Waals surface area (Å²) in [5, 5.41) is 17.1. The van der Waals surface area contributed by atoms with E-state index in [1.165, 1.54) is 0 Å². The molecule has 1 aromatic carbocycles. The molecular weight excluding hydrogens is 204 g/mol. The summed E-state index contributed by atoms with van der Waals surface area (Å²) in [5.41, 5.74) is 9.00. The summed E-state index contributed by atoms with van der Waals surface area (Å²) in [4.78, 5) is 3.08. The van der Waals surface area contributed by atoms with Gasteiger partial charge in [-0.05, 0) is 12.1 Å². The van der Waals surface area contributed by atoms with Crippen LogP contribution >= 0.6 is 0 Å². The third-order valence-corrected chi connectivity index (χ3v) is 2.60. The predicted molar refractivity (Wildman–Crippen MR) is 62.0 cm³/mol. The molecule has 0 atom stereocenters. The van der Waals surface area contributed by atoms with Crippen LogP contribution in [0.4, 0.5) is 5.69 Å². The highest BCUT2D eigenvalue weighted by Crippen LogP contribution is 2.31. The monoisotopic (exact) mass is 214 g/mol. The Kier molecular flexibility index (Phi) is 1.67. The minimum Gasteiger partial charge on any atom is -0.508 e. The number of hydrogen-bond acceptors (Lipinski definition) is 3. The highest BCUT2D eigenvalue weighted by molar-refractivity contribution is 5.97. The minimum atomic E-state index is 0.235. The van der Waals surface area contributed by atoms with Gasteiger partial charge >= 0.3 is 0 Å². The molecule has 3 rings (SSSR count). The molecule has 0 bridgehead atoms. The number of nitrogens with zero attached hydrogens (tertiary/aromatic N) is 1. The van der Waals surface area contributed by atoms with Gasteiger partial charge in [0.2, 0.25) is 0 Å². The van der Waals surface area contributed by atoms with Gasteiger partial charge in [0, 0.05) is 28.7 Å². The Balaban J connectivity index is 2.30. The van der Waals surface area contributed by atoms with Gasteiger partial charge in [-0.1, -0.05) is 0 Å². The SMILES string of the molecule is Nc1cn[nH]c1-c1c[nH]c2cc(O)ccc12. The molecule has 0 unspecified atom stereocenters. The van der Waals surface area contributed by atoms with E-state index in [4.69, 9.17) is 5.73 Å². The fourth-order valence-corrected chi connectivity index (χ4v) is 1.83. The van der Waals surface area contributed by atoms with Gasteiger partial charge in [0.25, 0.3) is 0 Å². The van der Waals surface area contributed by atoms with Crippen LogP contribution < -0.4 is 5.73 Å². The molecule has 0 aliphatic heterocycles. The van der Waals surface area contributed by atoms with Crippen LogP contribution in [0.5, 0.6) is 5.75 Å². The predicted octanol–water partition coefficient (Wildman–Crippen LogP) is 1.85. The molecule has 80 valence electrons. The maximum absolute atomic E-state index is 9.36. The summed E-state index contributed by atoms with van der Waals surface area (Å²) in [7, 11) is 0. The van der Waals surface area contributed by atoms with Gasteiger partial charge in [-0.25, -0.2) is 0 Å². The lowest BCUT2D eigenvalue weighted by Gasteiger charge is -1.97. The van der Waals surface area contributed by atoms with Gasteiger partial charge < -0.3 is 15.8 Å². The third-order valence-electron chi connectivity index (χ3n) is 2.60. The molecule has 2 heterocycles. The zero-order chi connectivity index (χ0) is 11.1. The van der Waals surface area contributed by atoms with E-state index in [0.717, 1.165) is 22.2 Å². The van der Waals surface area contributed by atoms with E-state index in [1.54, 1.807) is 18.3 Å². The Morgan fingerprint density at radius 1 is 1.31 bits per heavy atom. The molecule has 0 spiro atoms. The molecule has 0 radical (unpaired) electrons. The Morgan fingerprint density at radius 2 is 2.19 bits per heavy atom. The first-order valence-electron chi connectivity index (χ1n) is 4.85. The summed E-state index contributed by atoms with van der Waals surface area (Å²) in [6.45, 7) is 0. The third kappa shape index (κ3) is 1.15. The smallest absolute Gasteiger partial charge is 0.117 e. The van der Waals surface area contributed by atoms with Crippen LogP contribution in [-0.4, -0.2) is 20.3 Å². The van der Waals surface area contributed by atoms with Crippen molar-refractivity contribution < 1.29 is 5.11 Å². The number of aromatic hydroxyl groups is 1. The standard InChI is InChI=1S/C11H10N4O/c12-9-5-14-15-11(9)8-4-13-10-3-6(16)1-2-7(8)10/h1-5,13,16H,12H2,(H,14,15). The average Bonchev–Trinajstić information content (AvgIpc) is 2.83. The van der Waals surface area contributed by atoms with Crippen LogP contribution in [0, 0.1) is 0 Å². The number of fused-ring (bicyclic) bond motifs is 1. The highest BCUT2D eigenvalue weighted by atomic mass is 16.3. The van der Waals surface area contributed by atoms with Crippen molar-refractivity contribution >= 4 is 16.6 Å². The van der Waals surface area contributed by atoms with E-state index in [-0.39, 0.29) is 5.75 Å². The number of nitrogen functional groups attached to an aromatic ring is 1. The topological polar surface area (TPSA) is 90.7 Å². The Bertz CT molecular complexity index is 653. The van der Waals surface area contributed by atoms with E-state index >= 15 is 0 Å². The number of H-pyrrole nitrogens is 2. The van der Waals surface area contributed by atoms with Gasteiger partial charge in [-0.2, -0.15) is 5.10 Å². The number of anilines is 1. The van der Waals surface area contributed by atoms with Crippen LogP contribution in [-0.2, 0) is 0 Å². The fourth-order valence-electron chi connectivity index (χ4n) is 1.83. The Morgan fingerprint density at radius 3 is 2.94 bits per heavy atom. The van der Waals surface area contributed by atoms with Crippen LogP contribution in [0.3, 0.4) is 0 Å². The molecule has 0 saturated heterocycles. The molecule has 2 aromatic heterocycles. The molecule has 5 heteroatoms. The fraction of sp³-hybridized carbons (Fsp3) is 0. The molecule has 0 amide bonds. The number of benzene rings is 1. The number of nitrogens with two attached hydrogens (primary N) is 1. The van der Waals surface area contributed by atoms with E-state index < -0.39 is 0 Å². The number of phenols is 1. The van der Waals surface area contributed by atoms with Crippen molar-refractivity contribution in [3.8, 4) is 17.0 Å². The summed E-state index contributed by atoms with van der Waals surface area (Å²) < 4.78 is 0. The molecule has 0 saturated carbocycles. The molecular formula is C11H10N4O. The second kappa shape index (κ2) is 3.03. The molecule has 0 aliphatic carbocycles. The summed E-state index contributed by atoms with van der Waals surface area (Å²) in [5.74, 6) is 0.235. The van der Waals surface area contributed by atoms with Crippen LogP contribution in [0.15, 0.2) is 30.6 Å². The number of aromatic nitrogens is 3. The van der Waals surface area contributed by atoms with Crippen molar-refractivity contribution in [3.63, 3.8) is 0 Å². The van der Waals surface area contributed by atoms with Crippen molar-refractivity contribution in [1.29, 1.82) is 0 Å². The molecule has 3 aromatic rings. The van der Waals surface area contributed by atoms with Crippen molar-refractivity contribution in [2.75, 3.05) is 5.73 Å². The minimum absolute atomic E-state index is 0.235. The number of aromatic amines is 2. The molecule has 0 fully saturated rings. The summed E-state index contributed by atoms with van der Waals surface area (Å²) >= 11 is 0. The normalized spacial score (nSPS) is 11.0. The number of hydrogen-bond donors (Lipinski definition) is 4. The Labute approximate surface area is 90.9 Å². The first-order chi connectivity index (χ1) is 7.75. The van der Waals surface area contributed by atoms with Crippen LogP contribution in [0.2, 0.25) is 0 Å². The summed E-state index contributed by atoms with van der Waals surface area (Å²) in [6, 6.07) is 5.16. The maximum Gasteiger partial charge on any atom is 0.117 e. The van der Waals surface area contributed by atoms with E-state index in [9.17, 15) is 5.11 Å². The first-order valence-corrected chi connectivity index (χ1v) is 4.85. The van der Waals surface area contributed by atoms with Crippen LogP contribution in [0.25, 0.3) is 22.2 Å². The molecule has 5 N–H and O–H groups in total. The van der Waals surface area contributed by atoms with Crippen molar-refractivity contribution in [2.45, 2.75) is 0 Å². The zero-order valence-corrected chi connectivity index (χ0v) is 8.36. The quantitative estimate of drug-likeness (QED) is 0.498. The molecule has 5 nitrogen and oxygen atoms in total. The Hall–Kier alpha value is -2.43. The molecule has 16 heavy (non-hydrogen) atoms. The van der Waals surface area contributed by atoms with E-state index in [2.05, 4.69) is 15.2 Å². The van der Waals surface area contributed by atoms with Gasteiger partial charge in [0.15, 0.2) is 0 Å².